The fraction of sp³-hybridized carbons (Fsp3) is 0.316. The molecule has 0 amide bonds. The normalized spacial score (nSPS) is 11.7. The van der Waals surface area contributed by atoms with Crippen LogP contribution >= 0.6 is 0 Å². The van der Waals surface area contributed by atoms with Crippen molar-refractivity contribution in [1.29, 1.82) is 5.26 Å². The predicted octanol–water partition coefficient (Wildman–Crippen LogP) is 5.18. The third-order valence-electron chi connectivity index (χ3n) is 3.57. The first-order valence-electron chi connectivity index (χ1n) is 7.54. The van der Waals surface area contributed by atoms with Gasteiger partial charge in [-0.05, 0) is 36.6 Å². The van der Waals surface area contributed by atoms with E-state index in [0.717, 1.165) is 36.1 Å². The van der Waals surface area contributed by atoms with Gasteiger partial charge in [0.2, 0.25) is 0 Å². The van der Waals surface area contributed by atoms with Gasteiger partial charge in [-0.1, -0.05) is 50.6 Å². The number of rotatable bonds is 6. The van der Waals surface area contributed by atoms with Crippen LogP contribution in [0.2, 0.25) is 0 Å². The fourth-order valence-corrected chi connectivity index (χ4v) is 2.38. The minimum Gasteiger partial charge on any atom is -0.490 e. The molecule has 0 aromatic heterocycles. The van der Waals surface area contributed by atoms with Gasteiger partial charge in [0, 0.05) is 5.56 Å². The third-order valence-corrected chi connectivity index (χ3v) is 3.57. The Morgan fingerprint density at radius 3 is 2.38 bits per heavy atom. The second-order valence-electron chi connectivity index (χ2n) is 5.12. The van der Waals surface area contributed by atoms with E-state index in [4.69, 9.17) is 10.00 Å². The quantitative estimate of drug-likeness (QED) is 0.729. The van der Waals surface area contributed by atoms with Crippen LogP contribution in [0.5, 0.6) is 5.75 Å². The van der Waals surface area contributed by atoms with Crippen LogP contribution in [0.25, 0.3) is 11.1 Å². The highest BCUT2D eigenvalue weighted by atomic mass is 16.5. The van der Waals surface area contributed by atoms with Crippen molar-refractivity contribution in [3.05, 3.63) is 54.1 Å². The van der Waals surface area contributed by atoms with Crippen molar-refractivity contribution in [2.75, 3.05) is 0 Å². The number of hydrogen-bond acceptors (Lipinski definition) is 2. The highest BCUT2D eigenvalue weighted by Gasteiger charge is 2.11. The molecule has 108 valence electrons. The predicted molar refractivity (Wildman–Crippen MR) is 86.2 cm³/mol. The van der Waals surface area contributed by atoms with E-state index in [9.17, 15) is 0 Å². The summed E-state index contributed by atoms with van der Waals surface area (Å²) < 4.78 is 6.18. The van der Waals surface area contributed by atoms with Gasteiger partial charge < -0.3 is 4.74 Å². The first-order valence-corrected chi connectivity index (χ1v) is 7.54. The van der Waals surface area contributed by atoms with Crippen molar-refractivity contribution in [2.24, 2.45) is 0 Å². The molecule has 1 unspecified atom stereocenters. The second-order valence-corrected chi connectivity index (χ2v) is 5.12. The van der Waals surface area contributed by atoms with Crippen LogP contribution in [0, 0.1) is 11.3 Å². The van der Waals surface area contributed by atoms with Gasteiger partial charge in [-0.15, -0.1) is 0 Å². The zero-order valence-electron chi connectivity index (χ0n) is 12.7. The molecule has 0 aliphatic rings. The van der Waals surface area contributed by atoms with Crippen LogP contribution in [0.15, 0.2) is 48.5 Å². The molecule has 2 rings (SSSR count). The summed E-state index contributed by atoms with van der Waals surface area (Å²) in [4.78, 5) is 0. The lowest BCUT2D eigenvalue weighted by molar-refractivity contribution is 0.186. The molecule has 0 heterocycles. The van der Waals surface area contributed by atoms with Crippen molar-refractivity contribution >= 4 is 0 Å². The van der Waals surface area contributed by atoms with E-state index >= 15 is 0 Å². The largest absolute Gasteiger partial charge is 0.490 e. The van der Waals surface area contributed by atoms with Gasteiger partial charge in [0.05, 0.1) is 17.7 Å². The fourth-order valence-electron chi connectivity index (χ4n) is 2.38. The van der Waals surface area contributed by atoms with Gasteiger partial charge in [-0.25, -0.2) is 0 Å². The molecule has 0 bridgehead atoms. The Morgan fingerprint density at radius 2 is 1.76 bits per heavy atom. The molecule has 21 heavy (non-hydrogen) atoms. The van der Waals surface area contributed by atoms with Crippen LogP contribution in [0.4, 0.5) is 0 Å². The summed E-state index contributed by atoms with van der Waals surface area (Å²) in [5.74, 6) is 0.919. The average Bonchev–Trinajstić information content (AvgIpc) is 2.55. The van der Waals surface area contributed by atoms with Crippen LogP contribution in [-0.2, 0) is 0 Å². The van der Waals surface area contributed by atoms with Crippen LogP contribution in [-0.4, -0.2) is 6.10 Å². The molecule has 0 N–H and O–H groups in total. The van der Waals surface area contributed by atoms with Gasteiger partial charge in [0.15, 0.2) is 0 Å². The van der Waals surface area contributed by atoms with Crippen molar-refractivity contribution in [3.63, 3.8) is 0 Å². The van der Waals surface area contributed by atoms with Gasteiger partial charge in [-0.2, -0.15) is 5.26 Å². The lowest BCUT2D eigenvalue weighted by Crippen LogP contribution is -2.15. The molecule has 0 fully saturated rings. The van der Waals surface area contributed by atoms with Gasteiger partial charge in [0.25, 0.3) is 0 Å². The average molecular weight is 279 g/mol. The van der Waals surface area contributed by atoms with E-state index in [1.165, 1.54) is 0 Å². The smallest absolute Gasteiger partial charge is 0.127 e. The number of para-hydroxylation sites is 1. The van der Waals surface area contributed by atoms with E-state index in [1.807, 2.05) is 42.5 Å². The molecule has 0 saturated carbocycles. The molecular formula is C19H21NO. The molecule has 0 aliphatic heterocycles. The van der Waals surface area contributed by atoms with Crippen molar-refractivity contribution < 1.29 is 4.74 Å². The standard InChI is InChI=1S/C19H21NO/c1-3-7-17(4-2)21-19-9-6-5-8-18(19)16-12-10-15(14-20)11-13-16/h5-6,8-13,17H,3-4,7H2,1-2H3. The number of nitrogens with zero attached hydrogens (tertiary/aromatic N) is 1. The van der Waals surface area contributed by atoms with Crippen LogP contribution < -0.4 is 4.74 Å². The zero-order valence-corrected chi connectivity index (χ0v) is 12.7. The van der Waals surface area contributed by atoms with Crippen molar-refractivity contribution in [1.82, 2.24) is 0 Å². The van der Waals surface area contributed by atoms with Crippen molar-refractivity contribution in [2.45, 2.75) is 39.2 Å². The van der Waals surface area contributed by atoms with Gasteiger partial charge >= 0.3 is 0 Å². The number of ether oxygens (including phenoxy) is 1. The van der Waals surface area contributed by atoms with Crippen molar-refractivity contribution in [3.8, 4) is 22.9 Å². The van der Waals surface area contributed by atoms with Gasteiger partial charge in [-0.3, -0.25) is 0 Å². The highest BCUT2D eigenvalue weighted by molar-refractivity contribution is 5.70. The molecule has 1 atom stereocenters. The second kappa shape index (κ2) is 7.50. The number of nitriles is 1. The Hall–Kier alpha value is -2.27. The highest BCUT2D eigenvalue weighted by Crippen LogP contribution is 2.31. The molecule has 2 nitrogen and oxygen atoms in total. The minimum absolute atomic E-state index is 0.259. The van der Waals surface area contributed by atoms with E-state index in [1.54, 1.807) is 0 Å². The van der Waals surface area contributed by atoms with Crippen LogP contribution in [0.1, 0.15) is 38.7 Å². The molecule has 2 aromatic carbocycles. The summed E-state index contributed by atoms with van der Waals surface area (Å²) in [7, 11) is 0. The molecule has 2 aromatic rings. The molecule has 2 heteroatoms. The van der Waals surface area contributed by atoms with E-state index in [0.29, 0.717) is 5.56 Å². The van der Waals surface area contributed by atoms with E-state index in [2.05, 4.69) is 26.0 Å². The van der Waals surface area contributed by atoms with Gasteiger partial charge in [0.1, 0.15) is 5.75 Å². The Bertz CT molecular complexity index is 610. The number of benzene rings is 2. The maximum Gasteiger partial charge on any atom is 0.127 e. The third kappa shape index (κ3) is 3.86. The summed E-state index contributed by atoms with van der Waals surface area (Å²) >= 11 is 0. The number of hydrogen-bond donors (Lipinski definition) is 0. The molecular weight excluding hydrogens is 258 g/mol. The molecule has 0 spiro atoms. The minimum atomic E-state index is 0.259. The summed E-state index contributed by atoms with van der Waals surface area (Å²) in [6, 6.07) is 17.9. The Balaban J connectivity index is 2.29. The Morgan fingerprint density at radius 1 is 1.05 bits per heavy atom. The SMILES string of the molecule is CCCC(CC)Oc1ccccc1-c1ccc(C#N)cc1. The molecule has 0 radical (unpaired) electrons. The van der Waals surface area contributed by atoms with Crippen LogP contribution in [0.3, 0.4) is 0 Å². The van der Waals surface area contributed by atoms with E-state index < -0.39 is 0 Å². The first-order chi connectivity index (χ1) is 10.3. The monoisotopic (exact) mass is 279 g/mol. The Kier molecular flexibility index (Phi) is 5.40. The summed E-state index contributed by atoms with van der Waals surface area (Å²) in [5, 5.41) is 8.89. The zero-order chi connectivity index (χ0) is 15.1. The summed E-state index contributed by atoms with van der Waals surface area (Å²) in [6.07, 6.45) is 3.46. The Labute approximate surface area is 127 Å². The molecule has 0 saturated heterocycles. The topological polar surface area (TPSA) is 33.0 Å². The molecule has 0 aliphatic carbocycles. The maximum atomic E-state index is 8.89. The summed E-state index contributed by atoms with van der Waals surface area (Å²) in [5.41, 5.74) is 2.84. The lowest BCUT2D eigenvalue weighted by Gasteiger charge is -2.19. The first kappa shape index (κ1) is 15.1. The van der Waals surface area contributed by atoms with E-state index in [-0.39, 0.29) is 6.10 Å². The lowest BCUT2D eigenvalue weighted by atomic mass is 10.0. The maximum absolute atomic E-state index is 8.89. The summed E-state index contributed by atoms with van der Waals surface area (Å²) in [6.45, 7) is 4.34.